The Balaban J connectivity index is 1.39. The van der Waals surface area contributed by atoms with E-state index in [-0.39, 0.29) is 5.92 Å². The fourth-order valence-electron chi connectivity index (χ4n) is 5.84. The van der Waals surface area contributed by atoms with Gasteiger partial charge in [0.1, 0.15) is 0 Å². The molecule has 3 heteroatoms. The van der Waals surface area contributed by atoms with Gasteiger partial charge in [0.25, 0.3) is 0 Å². The number of likely N-dealkylation sites (tertiary alicyclic amines) is 1. The lowest BCUT2D eigenvalue weighted by atomic mass is 9.81. The second-order valence-corrected chi connectivity index (χ2v) is 10.4. The van der Waals surface area contributed by atoms with Crippen LogP contribution in [0, 0.1) is 11.8 Å². The van der Waals surface area contributed by atoms with Gasteiger partial charge in [-0.15, -0.1) is 0 Å². The quantitative estimate of drug-likeness (QED) is 0.502. The lowest BCUT2D eigenvalue weighted by Gasteiger charge is -2.39. The molecule has 33 heavy (non-hydrogen) atoms. The first-order valence-electron chi connectivity index (χ1n) is 12.8. The Kier molecular flexibility index (Phi) is 6.48. The van der Waals surface area contributed by atoms with Gasteiger partial charge in [-0.05, 0) is 41.9 Å². The lowest BCUT2D eigenvalue weighted by molar-refractivity contribution is -0.137. The lowest BCUT2D eigenvalue weighted by Crippen LogP contribution is -2.47. The van der Waals surface area contributed by atoms with Crippen molar-refractivity contribution in [1.82, 2.24) is 4.90 Å². The predicted octanol–water partition coefficient (Wildman–Crippen LogP) is 6.82. The van der Waals surface area contributed by atoms with Crippen molar-refractivity contribution in [3.05, 3.63) is 77.4 Å². The zero-order valence-corrected chi connectivity index (χ0v) is 20.0. The maximum atomic E-state index is 13.4. The second kappa shape index (κ2) is 9.67. The van der Waals surface area contributed by atoms with Gasteiger partial charge in [-0.2, -0.15) is 0 Å². The molecule has 5 rings (SSSR count). The van der Waals surface area contributed by atoms with Crippen LogP contribution in [0.3, 0.4) is 0 Å². The summed E-state index contributed by atoms with van der Waals surface area (Å²) < 4.78 is 0. The Bertz CT molecular complexity index is 1030. The molecule has 1 aliphatic carbocycles. The predicted molar refractivity (Wildman–Crippen MR) is 136 cm³/mol. The van der Waals surface area contributed by atoms with Crippen LogP contribution in [0.5, 0.6) is 0 Å². The Morgan fingerprint density at radius 2 is 1.64 bits per heavy atom. The van der Waals surface area contributed by atoms with Crippen molar-refractivity contribution >= 4 is 17.3 Å². The van der Waals surface area contributed by atoms with E-state index in [4.69, 9.17) is 4.99 Å². The molecule has 0 spiro atoms. The van der Waals surface area contributed by atoms with Gasteiger partial charge in [-0.25, -0.2) is 0 Å². The average molecular weight is 441 g/mol. The standard InChI is InChI=1S/C30H36N2O/c1-21(2)22-12-14-23(15-13-22)26-18-27(20-32(19-26)30(33)25-10-6-7-11-25)29-17-16-28(31-29)24-8-4-3-5-9-24/h3-5,8-9,12-16,21,25-27H,6-7,10-11,17-20H2,1-2H3. The first-order chi connectivity index (χ1) is 16.1. The molecule has 1 saturated carbocycles. The van der Waals surface area contributed by atoms with Gasteiger partial charge in [0.2, 0.25) is 5.91 Å². The average Bonchev–Trinajstić information content (AvgIpc) is 3.57. The maximum Gasteiger partial charge on any atom is 0.225 e. The van der Waals surface area contributed by atoms with E-state index in [1.54, 1.807) is 0 Å². The zero-order chi connectivity index (χ0) is 22.8. The molecule has 0 radical (unpaired) electrons. The van der Waals surface area contributed by atoms with E-state index in [1.807, 2.05) is 6.07 Å². The topological polar surface area (TPSA) is 32.7 Å². The molecule has 2 atom stereocenters. The fraction of sp³-hybridized carbons (Fsp3) is 0.467. The summed E-state index contributed by atoms with van der Waals surface area (Å²) in [6, 6.07) is 19.6. The molecule has 1 saturated heterocycles. The largest absolute Gasteiger partial charge is 0.341 e. The Labute approximate surface area is 198 Å². The first kappa shape index (κ1) is 22.1. The van der Waals surface area contributed by atoms with Gasteiger partial charge < -0.3 is 4.90 Å². The van der Waals surface area contributed by atoms with Crippen molar-refractivity contribution in [2.45, 2.75) is 64.2 Å². The van der Waals surface area contributed by atoms with Gasteiger partial charge in [-0.3, -0.25) is 9.79 Å². The summed E-state index contributed by atoms with van der Waals surface area (Å²) in [4.78, 5) is 20.7. The van der Waals surface area contributed by atoms with Crippen LogP contribution < -0.4 is 0 Å². The summed E-state index contributed by atoms with van der Waals surface area (Å²) in [5, 5.41) is 0. The monoisotopic (exact) mass is 440 g/mol. The SMILES string of the molecule is CC(C)c1ccc(C2CC(C3=NC(c4ccccc4)=CC3)CN(C(=O)C3CCCC3)C2)cc1. The number of hydrogen-bond acceptors (Lipinski definition) is 2. The third kappa shape index (κ3) is 4.83. The molecule has 0 aromatic heterocycles. The molecule has 0 bridgehead atoms. The van der Waals surface area contributed by atoms with E-state index in [0.717, 1.165) is 44.5 Å². The number of aliphatic imine (C=N–C) groups is 1. The van der Waals surface area contributed by atoms with Crippen molar-refractivity contribution in [2.24, 2.45) is 16.8 Å². The number of benzene rings is 2. The van der Waals surface area contributed by atoms with E-state index >= 15 is 0 Å². The minimum atomic E-state index is 0.233. The third-order valence-corrected chi connectivity index (χ3v) is 7.85. The van der Waals surface area contributed by atoms with Crippen molar-refractivity contribution in [1.29, 1.82) is 0 Å². The van der Waals surface area contributed by atoms with Crippen molar-refractivity contribution in [2.75, 3.05) is 13.1 Å². The summed E-state index contributed by atoms with van der Waals surface area (Å²) in [6.45, 7) is 6.15. The van der Waals surface area contributed by atoms with Crippen LogP contribution in [0.2, 0.25) is 0 Å². The Morgan fingerprint density at radius 3 is 2.33 bits per heavy atom. The van der Waals surface area contributed by atoms with Crippen LogP contribution in [0.1, 0.15) is 80.9 Å². The molecule has 2 aromatic rings. The minimum Gasteiger partial charge on any atom is -0.341 e. The number of rotatable bonds is 5. The smallest absolute Gasteiger partial charge is 0.225 e. The molecule has 2 aromatic carbocycles. The number of piperidine rings is 1. The van der Waals surface area contributed by atoms with Gasteiger partial charge in [0.05, 0.1) is 5.70 Å². The number of allylic oxidation sites excluding steroid dienone is 1. The van der Waals surface area contributed by atoms with Gasteiger partial charge in [0, 0.05) is 43.0 Å². The molecule has 2 unspecified atom stereocenters. The minimum absolute atomic E-state index is 0.233. The highest BCUT2D eigenvalue weighted by atomic mass is 16.2. The normalized spacial score (nSPS) is 23.7. The molecule has 172 valence electrons. The second-order valence-electron chi connectivity index (χ2n) is 10.4. The van der Waals surface area contributed by atoms with Crippen LogP contribution in [0.4, 0.5) is 0 Å². The van der Waals surface area contributed by atoms with Gasteiger partial charge in [0.15, 0.2) is 0 Å². The molecule has 1 amide bonds. The Hall–Kier alpha value is -2.68. The van der Waals surface area contributed by atoms with Crippen LogP contribution in [-0.4, -0.2) is 29.6 Å². The molecule has 2 heterocycles. The summed E-state index contributed by atoms with van der Waals surface area (Å²) in [5.41, 5.74) is 6.26. The van der Waals surface area contributed by atoms with Gasteiger partial charge >= 0.3 is 0 Å². The number of amides is 1. The zero-order valence-electron chi connectivity index (χ0n) is 20.0. The summed E-state index contributed by atoms with van der Waals surface area (Å²) in [5.74, 6) is 1.86. The van der Waals surface area contributed by atoms with Crippen molar-refractivity contribution in [3.63, 3.8) is 0 Å². The van der Waals surface area contributed by atoms with Crippen LogP contribution >= 0.6 is 0 Å². The van der Waals surface area contributed by atoms with Crippen molar-refractivity contribution in [3.8, 4) is 0 Å². The van der Waals surface area contributed by atoms with Crippen LogP contribution in [0.15, 0.2) is 65.7 Å². The van der Waals surface area contributed by atoms with Gasteiger partial charge in [-0.1, -0.05) is 87.4 Å². The summed E-state index contributed by atoms with van der Waals surface area (Å²) in [6.07, 6.45) is 8.76. The van der Waals surface area contributed by atoms with E-state index in [0.29, 0.717) is 23.7 Å². The number of carbonyl (C=O) groups excluding carboxylic acids is 1. The molecule has 0 N–H and O–H groups in total. The third-order valence-electron chi connectivity index (χ3n) is 7.85. The van der Waals surface area contributed by atoms with Crippen LogP contribution in [0.25, 0.3) is 5.70 Å². The van der Waals surface area contributed by atoms with E-state index in [2.05, 4.69) is 73.4 Å². The molecular formula is C30H36N2O. The molecule has 2 fully saturated rings. The summed E-state index contributed by atoms with van der Waals surface area (Å²) >= 11 is 0. The number of carbonyl (C=O) groups is 1. The van der Waals surface area contributed by atoms with E-state index in [1.165, 1.54) is 35.2 Å². The molecule has 3 nitrogen and oxygen atoms in total. The molecule has 3 aliphatic rings. The molecule has 2 aliphatic heterocycles. The first-order valence-corrected chi connectivity index (χ1v) is 12.8. The number of nitrogens with zero attached hydrogens (tertiary/aromatic N) is 2. The van der Waals surface area contributed by atoms with E-state index in [9.17, 15) is 4.79 Å². The van der Waals surface area contributed by atoms with Crippen molar-refractivity contribution < 1.29 is 4.79 Å². The maximum absolute atomic E-state index is 13.4. The van der Waals surface area contributed by atoms with E-state index < -0.39 is 0 Å². The highest BCUT2D eigenvalue weighted by molar-refractivity contribution is 5.98. The highest BCUT2D eigenvalue weighted by Crippen LogP contribution is 2.37. The Morgan fingerprint density at radius 1 is 0.939 bits per heavy atom. The fourth-order valence-corrected chi connectivity index (χ4v) is 5.84. The molecular weight excluding hydrogens is 404 g/mol. The highest BCUT2D eigenvalue weighted by Gasteiger charge is 2.36. The summed E-state index contributed by atoms with van der Waals surface area (Å²) in [7, 11) is 0. The number of hydrogen-bond donors (Lipinski definition) is 0. The van der Waals surface area contributed by atoms with Crippen LogP contribution in [-0.2, 0) is 4.79 Å².